The summed E-state index contributed by atoms with van der Waals surface area (Å²) in [5.74, 6) is -1.11. The van der Waals surface area contributed by atoms with Crippen molar-refractivity contribution in [3.63, 3.8) is 0 Å². The molecule has 1 aromatic carbocycles. The van der Waals surface area contributed by atoms with Crippen LogP contribution in [0.4, 0.5) is 4.79 Å². The van der Waals surface area contributed by atoms with Gasteiger partial charge in [-0.1, -0.05) is 34.1 Å². The molecule has 0 aromatic heterocycles. The monoisotopic (exact) mass is 398 g/mol. The molecule has 132 valence electrons. The molecule has 0 bridgehead atoms. The number of amides is 1. The second kappa shape index (κ2) is 7.53. The third kappa shape index (κ3) is 4.70. The van der Waals surface area contributed by atoms with Crippen LogP contribution in [0.25, 0.3) is 0 Å². The van der Waals surface area contributed by atoms with Crippen LogP contribution in [0.1, 0.15) is 32.4 Å². The zero-order chi connectivity index (χ0) is 17.9. The highest BCUT2D eigenvalue weighted by Crippen LogP contribution is 2.21. The summed E-state index contributed by atoms with van der Waals surface area (Å²) in [6, 6.07) is 6.50. The molecule has 1 N–H and O–H groups in total. The van der Waals surface area contributed by atoms with Gasteiger partial charge >= 0.3 is 6.09 Å². The van der Waals surface area contributed by atoms with Gasteiger partial charge in [0.05, 0.1) is 26.2 Å². The SMILES string of the molecule is CC(C)(C)OC(=O)N1CC[NH+]([C@H](C(=O)[O-])c2ccccc2Br)CC1. The topological polar surface area (TPSA) is 74.1 Å². The number of carbonyl (C=O) groups excluding carboxylic acids is 2. The summed E-state index contributed by atoms with van der Waals surface area (Å²) in [4.78, 5) is 26.3. The summed E-state index contributed by atoms with van der Waals surface area (Å²) < 4.78 is 6.12. The number of hydrogen-bond acceptors (Lipinski definition) is 4. The van der Waals surface area contributed by atoms with Crippen LogP contribution in [-0.2, 0) is 9.53 Å². The fraction of sp³-hybridized carbons (Fsp3) is 0.529. The number of piperazine rings is 1. The van der Waals surface area contributed by atoms with Gasteiger partial charge in [-0.2, -0.15) is 0 Å². The van der Waals surface area contributed by atoms with E-state index >= 15 is 0 Å². The van der Waals surface area contributed by atoms with E-state index in [4.69, 9.17) is 4.74 Å². The number of ether oxygens (including phenoxy) is 1. The first kappa shape index (κ1) is 18.7. The first-order valence-electron chi connectivity index (χ1n) is 7.97. The fourth-order valence-electron chi connectivity index (χ4n) is 2.81. The molecular weight excluding hydrogens is 376 g/mol. The third-order valence-corrected chi connectivity index (χ3v) is 4.64. The Morgan fingerprint density at radius 3 is 2.33 bits per heavy atom. The molecule has 1 aliphatic heterocycles. The predicted molar refractivity (Wildman–Crippen MR) is 90.4 cm³/mol. The van der Waals surface area contributed by atoms with Gasteiger partial charge in [0, 0.05) is 10.0 Å². The van der Waals surface area contributed by atoms with Crippen molar-refractivity contribution in [3.05, 3.63) is 34.3 Å². The predicted octanol–water partition coefficient (Wildman–Crippen LogP) is 0.376. The maximum absolute atomic E-state index is 12.1. The highest BCUT2D eigenvalue weighted by molar-refractivity contribution is 9.10. The number of aliphatic carboxylic acids is 1. The Labute approximate surface area is 150 Å². The lowest BCUT2D eigenvalue weighted by Gasteiger charge is -2.37. The van der Waals surface area contributed by atoms with E-state index in [-0.39, 0.29) is 6.09 Å². The molecule has 1 amide bonds. The standard InChI is InChI=1S/C17H23BrN2O4/c1-17(2,3)24-16(23)20-10-8-19(9-11-20)14(15(21)22)12-6-4-5-7-13(12)18/h4-7,14H,8-11H2,1-3H3,(H,21,22)/t14-/m0/s1. The number of halogens is 1. The first-order valence-corrected chi connectivity index (χ1v) is 8.76. The summed E-state index contributed by atoms with van der Waals surface area (Å²) in [5.41, 5.74) is 0.155. The average Bonchev–Trinajstić information content (AvgIpc) is 2.48. The molecule has 1 atom stereocenters. The Balaban J connectivity index is 2.05. The van der Waals surface area contributed by atoms with Gasteiger partial charge in [-0.05, 0) is 26.8 Å². The van der Waals surface area contributed by atoms with E-state index in [1.165, 1.54) is 0 Å². The van der Waals surface area contributed by atoms with Crippen LogP contribution in [-0.4, -0.2) is 48.7 Å². The van der Waals surface area contributed by atoms with E-state index < -0.39 is 17.6 Å². The number of quaternary nitrogens is 1. The van der Waals surface area contributed by atoms with Crippen molar-refractivity contribution in [2.24, 2.45) is 0 Å². The van der Waals surface area contributed by atoms with Gasteiger partial charge in [-0.25, -0.2) is 4.79 Å². The van der Waals surface area contributed by atoms with Crippen LogP contribution >= 0.6 is 15.9 Å². The van der Waals surface area contributed by atoms with Crippen LogP contribution in [0.3, 0.4) is 0 Å². The van der Waals surface area contributed by atoms with Crippen LogP contribution < -0.4 is 10.0 Å². The number of nitrogens with zero attached hydrogens (tertiary/aromatic N) is 1. The van der Waals surface area contributed by atoms with Crippen LogP contribution in [0, 0.1) is 0 Å². The Bertz CT molecular complexity index is 607. The quantitative estimate of drug-likeness (QED) is 0.798. The number of carboxylic acid groups (broad SMARTS) is 1. The second-order valence-corrected chi connectivity index (χ2v) is 7.75. The molecule has 1 saturated heterocycles. The van der Waals surface area contributed by atoms with Gasteiger partial charge in [0.1, 0.15) is 11.6 Å². The van der Waals surface area contributed by atoms with Gasteiger partial charge in [0.15, 0.2) is 6.04 Å². The molecule has 0 radical (unpaired) electrons. The first-order chi connectivity index (χ1) is 11.2. The summed E-state index contributed by atoms with van der Waals surface area (Å²) in [5, 5.41) is 11.7. The molecule has 24 heavy (non-hydrogen) atoms. The van der Waals surface area contributed by atoms with Crippen molar-refractivity contribution in [1.29, 1.82) is 0 Å². The van der Waals surface area contributed by atoms with Crippen LogP contribution in [0.5, 0.6) is 0 Å². The molecule has 0 saturated carbocycles. The third-order valence-electron chi connectivity index (χ3n) is 3.92. The Hall–Kier alpha value is -1.60. The van der Waals surface area contributed by atoms with Gasteiger partial charge in [0.25, 0.3) is 0 Å². The van der Waals surface area contributed by atoms with E-state index in [0.717, 1.165) is 9.37 Å². The van der Waals surface area contributed by atoms with Crippen molar-refractivity contribution < 1.29 is 24.3 Å². The van der Waals surface area contributed by atoms with E-state index in [1.54, 1.807) is 11.0 Å². The fourth-order valence-corrected chi connectivity index (χ4v) is 3.33. The molecule has 1 heterocycles. The van der Waals surface area contributed by atoms with E-state index in [9.17, 15) is 14.7 Å². The maximum Gasteiger partial charge on any atom is 0.410 e. The van der Waals surface area contributed by atoms with Crippen molar-refractivity contribution >= 4 is 28.0 Å². The molecule has 0 unspecified atom stereocenters. The molecular formula is C17H23BrN2O4. The number of benzene rings is 1. The van der Waals surface area contributed by atoms with Crippen LogP contribution in [0.15, 0.2) is 28.7 Å². The summed E-state index contributed by atoms with van der Waals surface area (Å²) in [6.07, 6.45) is -0.354. The summed E-state index contributed by atoms with van der Waals surface area (Å²) in [6.45, 7) is 7.44. The van der Waals surface area contributed by atoms with Crippen molar-refractivity contribution in [3.8, 4) is 0 Å². The van der Waals surface area contributed by atoms with Gasteiger partial charge in [0.2, 0.25) is 0 Å². The highest BCUT2D eigenvalue weighted by atomic mass is 79.9. The zero-order valence-electron chi connectivity index (χ0n) is 14.2. The van der Waals surface area contributed by atoms with Crippen molar-refractivity contribution in [1.82, 2.24) is 4.90 Å². The van der Waals surface area contributed by atoms with Gasteiger partial charge in [-0.15, -0.1) is 0 Å². The summed E-state index contributed by atoms with van der Waals surface area (Å²) >= 11 is 3.41. The Morgan fingerprint density at radius 1 is 1.25 bits per heavy atom. The lowest BCUT2D eigenvalue weighted by molar-refractivity contribution is -0.928. The number of rotatable bonds is 3. The lowest BCUT2D eigenvalue weighted by atomic mass is 10.0. The molecule has 1 aliphatic rings. The largest absolute Gasteiger partial charge is 0.544 e. The number of hydrogen-bond donors (Lipinski definition) is 1. The second-order valence-electron chi connectivity index (χ2n) is 6.90. The van der Waals surface area contributed by atoms with Crippen LogP contribution in [0.2, 0.25) is 0 Å². The molecule has 2 rings (SSSR count). The van der Waals surface area contributed by atoms with E-state index in [1.807, 2.05) is 39.0 Å². The minimum absolute atomic E-state index is 0.354. The zero-order valence-corrected chi connectivity index (χ0v) is 15.8. The Kier molecular flexibility index (Phi) is 5.87. The Morgan fingerprint density at radius 2 is 1.83 bits per heavy atom. The molecule has 1 fully saturated rings. The maximum atomic E-state index is 12.1. The van der Waals surface area contributed by atoms with E-state index in [0.29, 0.717) is 31.7 Å². The minimum atomic E-state index is -1.11. The molecule has 0 aliphatic carbocycles. The van der Waals surface area contributed by atoms with E-state index in [2.05, 4.69) is 15.9 Å². The molecule has 0 spiro atoms. The average molecular weight is 399 g/mol. The van der Waals surface area contributed by atoms with Crippen molar-refractivity contribution in [2.45, 2.75) is 32.4 Å². The van der Waals surface area contributed by atoms with Crippen molar-refractivity contribution in [2.75, 3.05) is 26.2 Å². The number of carbonyl (C=O) groups is 2. The molecule has 6 nitrogen and oxygen atoms in total. The lowest BCUT2D eigenvalue weighted by Crippen LogP contribution is -3.16. The molecule has 7 heteroatoms. The van der Waals surface area contributed by atoms with Gasteiger partial charge < -0.3 is 19.5 Å². The normalized spacial score (nSPS) is 17.4. The van der Waals surface area contributed by atoms with Gasteiger partial charge in [-0.3, -0.25) is 4.90 Å². The highest BCUT2D eigenvalue weighted by Gasteiger charge is 2.33. The molecule has 1 aromatic rings. The smallest absolute Gasteiger partial charge is 0.410 e. The summed E-state index contributed by atoms with van der Waals surface area (Å²) in [7, 11) is 0. The minimum Gasteiger partial charge on any atom is -0.544 e. The number of carboxylic acids is 1. The number of nitrogens with one attached hydrogen (secondary N) is 1.